The summed E-state index contributed by atoms with van der Waals surface area (Å²) in [6.07, 6.45) is -7.82. The summed E-state index contributed by atoms with van der Waals surface area (Å²) in [5.74, 6) is -46.9. The summed E-state index contributed by atoms with van der Waals surface area (Å²) in [4.78, 5) is 0. The maximum Gasteiger partial charge on any atom is 0.529 e. The maximum absolute atomic E-state index is 14.9. The highest BCUT2D eigenvalue weighted by molar-refractivity contribution is 7.48. The summed E-state index contributed by atoms with van der Waals surface area (Å²) in [6, 6.07) is 0. The second-order valence-corrected chi connectivity index (χ2v) is 9.35. The van der Waals surface area contributed by atoms with Crippen molar-refractivity contribution in [1.29, 1.82) is 0 Å². The first-order valence-electron chi connectivity index (χ1n) is 10.4. The van der Waals surface area contributed by atoms with Crippen molar-refractivity contribution in [3.8, 4) is 0 Å². The quantitative estimate of drug-likeness (QED) is 0.128. The van der Waals surface area contributed by atoms with Crippen LogP contribution in [-0.4, -0.2) is 49.0 Å². The van der Waals surface area contributed by atoms with Crippen LogP contribution in [0.2, 0.25) is 0 Å². The first kappa shape index (κ1) is 33.7. The van der Waals surface area contributed by atoms with Crippen molar-refractivity contribution >= 4 is 7.82 Å². The van der Waals surface area contributed by atoms with Crippen LogP contribution < -0.4 is 0 Å². The van der Waals surface area contributed by atoms with Crippen LogP contribution in [-0.2, 0) is 18.1 Å². The average Bonchev–Trinajstić information content (AvgIpc) is 2.76. The molecule has 0 atom stereocenters. The summed E-state index contributed by atoms with van der Waals surface area (Å²) >= 11 is 0. The smallest absolute Gasteiger partial charge is 0.405 e. The molecular formula is C18H21F14O4P. The van der Waals surface area contributed by atoms with Crippen LogP contribution in [0.25, 0.3) is 0 Å². The number of phosphoric ester groups is 1. The van der Waals surface area contributed by atoms with Gasteiger partial charge in [0.15, 0.2) is 0 Å². The van der Waals surface area contributed by atoms with Gasteiger partial charge in [0.05, 0.1) is 13.2 Å². The molecule has 1 rings (SSSR count). The normalized spacial score (nSPS) is 18.6. The van der Waals surface area contributed by atoms with Crippen LogP contribution >= 0.6 is 7.82 Å². The number of rotatable bonds is 12. The molecule has 0 amide bonds. The molecule has 19 heteroatoms. The van der Waals surface area contributed by atoms with Gasteiger partial charge in [-0.05, 0) is 26.7 Å². The fourth-order valence-electron chi connectivity index (χ4n) is 3.25. The number of alkyl halides is 13. The van der Waals surface area contributed by atoms with E-state index in [9.17, 15) is 66.0 Å². The summed E-state index contributed by atoms with van der Waals surface area (Å²) < 4.78 is 216. The molecular weight excluding hydrogens is 577 g/mol. The van der Waals surface area contributed by atoms with Gasteiger partial charge in [-0.15, -0.1) is 0 Å². The van der Waals surface area contributed by atoms with Gasteiger partial charge in [-0.3, -0.25) is 9.05 Å². The number of hydrogen-bond acceptors (Lipinski definition) is 4. The molecule has 220 valence electrons. The predicted molar refractivity (Wildman–Crippen MR) is 97.4 cm³/mol. The molecule has 1 aliphatic rings. The molecule has 0 spiro atoms. The van der Waals surface area contributed by atoms with Crippen molar-refractivity contribution in [3.63, 3.8) is 0 Å². The van der Waals surface area contributed by atoms with Crippen LogP contribution in [0.5, 0.6) is 0 Å². The molecule has 1 aliphatic carbocycles. The lowest BCUT2D eigenvalue weighted by Gasteiger charge is -2.39. The molecule has 0 radical (unpaired) electrons. The standard InChI is InChI=1S/C18H21F14O4P/c1-3-34-37(33,35-4-2)36-11(10-8-6-5-7-9-10)12(19)13(20,21)14(22,23)15(24,25)16(26,27)17(28,29)18(30,31)32/h10H,3-9H2,1-2H3/b12-11+. The van der Waals surface area contributed by atoms with E-state index in [-0.39, 0.29) is 25.7 Å². The highest BCUT2D eigenvalue weighted by atomic mass is 31.2. The second kappa shape index (κ2) is 11.1. The number of allylic oxidation sites excluding steroid dienone is 2. The fraction of sp³-hybridized carbons (Fsp3) is 0.889. The lowest BCUT2D eigenvalue weighted by Crippen LogP contribution is -2.70. The Hall–Kier alpha value is -1.29. The first-order valence-corrected chi connectivity index (χ1v) is 11.9. The van der Waals surface area contributed by atoms with E-state index < -0.39 is 74.3 Å². The molecule has 0 aromatic heterocycles. The maximum atomic E-state index is 14.9. The molecule has 0 unspecified atom stereocenters. The summed E-state index contributed by atoms with van der Waals surface area (Å²) in [5.41, 5.74) is 0. The lowest BCUT2D eigenvalue weighted by atomic mass is 9.86. The Morgan fingerprint density at radius 1 is 0.703 bits per heavy atom. The van der Waals surface area contributed by atoms with E-state index in [4.69, 9.17) is 0 Å². The zero-order valence-corrected chi connectivity index (χ0v) is 19.8. The average molecular weight is 598 g/mol. The van der Waals surface area contributed by atoms with Gasteiger partial charge >= 0.3 is 43.6 Å². The highest BCUT2D eigenvalue weighted by Gasteiger charge is 2.91. The predicted octanol–water partition coefficient (Wildman–Crippen LogP) is 8.68. The molecule has 1 saturated carbocycles. The molecule has 0 aliphatic heterocycles. The minimum atomic E-state index is -8.19. The Kier molecular flexibility index (Phi) is 10.1. The molecule has 0 saturated heterocycles. The van der Waals surface area contributed by atoms with Crippen molar-refractivity contribution in [2.24, 2.45) is 5.92 Å². The third-order valence-electron chi connectivity index (χ3n) is 5.19. The molecule has 0 bridgehead atoms. The summed E-state index contributed by atoms with van der Waals surface area (Å²) in [6.45, 7) is 1.09. The van der Waals surface area contributed by atoms with Crippen molar-refractivity contribution in [1.82, 2.24) is 0 Å². The van der Waals surface area contributed by atoms with Crippen molar-refractivity contribution < 1.29 is 79.6 Å². The fourth-order valence-corrected chi connectivity index (χ4v) is 4.53. The molecule has 0 N–H and O–H groups in total. The van der Waals surface area contributed by atoms with Crippen LogP contribution in [0.4, 0.5) is 61.5 Å². The molecule has 0 heterocycles. The topological polar surface area (TPSA) is 44.8 Å². The number of hydrogen-bond donors (Lipinski definition) is 0. The molecule has 0 aromatic rings. The minimum absolute atomic E-state index is 0.0758. The summed E-state index contributed by atoms with van der Waals surface area (Å²) in [5, 5.41) is 0. The zero-order valence-electron chi connectivity index (χ0n) is 18.9. The van der Waals surface area contributed by atoms with Gasteiger partial charge in [0.1, 0.15) is 5.76 Å². The minimum Gasteiger partial charge on any atom is -0.405 e. The van der Waals surface area contributed by atoms with Gasteiger partial charge in [-0.2, -0.15) is 57.1 Å². The number of phosphoric acid groups is 1. The Morgan fingerprint density at radius 2 is 1.11 bits per heavy atom. The van der Waals surface area contributed by atoms with E-state index >= 15 is 0 Å². The Labute approximate surface area is 200 Å². The highest BCUT2D eigenvalue weighted by Crippen LogP contribution is 2.62. The first-order chi connectivity index (χ1) is 16.5. The van der Waals surface area contributed by atoms with Crippen molar-refractivity contribution in [3.05, 3.63) is 11.6 Å². The van der Waals surface area contributed by atoms with E-state index in [1.165, 1.54) is 0 Å². The molecule has 1 fully saturated rings. The van der Waals surface area contributed by atoms with Gasteiger partial charge < -0.3 is 4.52 Å². The Bertz CT molecular complexity index is 855. The van der Waals surface area contributed by atoms with Gasteiger partial charge in [-0.1, -0.05) is 19.3 Å². The van der Waals surface area contributed by atoms with E-state index in [1.54, 1.807) is 0 Å². The lowest BCUT2D eigenvalue weighted by molar-refractivity contribution is -0.437. The van der Waals surface area contributed by atoms with Gasteiger partial charge in [0.25, 0.3) is 0 Å². The monoisotopic (exact) mass is 598 g/mol. The summed E-state index contributed by atoms with van der Waals surface area (Å²) in [7, 11) is -5.12. The third-order valence-corrected chi connectivity index (χ3v) is 6.76. The van der Waals surface area contributed by atoms with E-state index in [1.807, 2.05) is 0 Å². The van der Waals surface area contributed by atoms with Crippen LogP contribution in [0.1, 0.15) is 46.0 Å². The van der Waals surface area contributed by atoms with E-state index in [2.05, 4.69) is 13.6 Å². The Morgan fingerprint density at radius 3 is 1.49 bits per heavy atom. The SMILES string of the molecule is CCOP(=O)(OCC)O/C(=C(/F)C(F)(F)C(F)(F)C(F)(F)C(F)(F)C(F)(F)C(F)(F)F)C1CCCCC1. The largest absolute Gasteiger partial charge is 0.529 e. The molecule has 0 aromatic carbocycles. The van der Waals surface area contributed by atoms with Crippen LogP contribution in [0, 0.1) is 5.92 Å². The molecule has 37 heavy (non-hydrogen) atoms. The van der Waals surface area contributed by atoms with Crippen molar-refractivity contribution in [2.75, 3.05) is 13.2 Å². The van der Waals surface area contributed by atoms with E-state index in [0.29, 0.717) is 6.42 Å². The Balaban J connectivity index is 3.78. The van der Waals surface area contributed by atoms with Gasteiger partial charge in [0.2, 0.25) is 5.83 Å². The van der Waals surface area contributed by atoms with Crippen LogP contribution in [0.3, 0.4) is 0 Å². The third kappa shape index (κ3) is 5.99. The number of halogens is 14. The van der Waals surface area contributed by atoms with Gasteiger partial charge in [-0.25, -0.2) is 8.96 Å². The van der Waals surface area contributed by atoms with Crippen molar-refractivity contribution in [2.45, 2.75) is 81.7 Å². The van der Waals surface area contributed by atoms with Gasteiger partial charge in [0, 0.05) is 5.92 Å². The zero-order chi connectivity index (χ0) is 29.3. The van der Waals surface area contributed by atoms with Crippen LogP contribution in [0.15, 0.2) is 11.6 Å². The molecule has 4 nitrogen and oxygen atoms in total. The second-order valence-electron chi connectivity index (χ2n) is 7.76. The van der Waals surface area contributed by atoms with E-state index in [0.717, 1.165) is 13.8 Å².